The lowest BCUT2D eigenvalue weighted by Gasteiger charge is -2.38. The quantitative estimate of drug-likeness (QED) is 0.742. The normalized spacial score (nSPS) is 26.7. The Morgan fingerprint density at radius 3 is 3.13 bits per heavy atom. The number of hydrogen-bond acceptors (Lipinski definition) is 5. The largest absolute Gasteiger partial charge is 0.373 e. The number of hydrogen-bond donors (Lipinski definition) is 1. The zero-order valence-corrected chi connectivity index (χ0v) is 8.84. The summed E-state index contributed by atoms with van der Waals surface area (Å²) < 4.78 is 5.58. The van der Waals surface area contributed by atoms with E-state index >= 15 is 0 Å². The minimum absolute atomic E-state index is 0.100. The average Bonchev–Trinajstić information content (AvgIpc) is 2.31. The Hall–Kier alpha value is -1.20. The van der Waals surface area contributed by atoms with Crippen LogP contribution in [0.2, 0.25) is 0 Å². The smallest absolute Gasteiger partial charge is 0.147 e. The monoisotopic (exact) mass is 208 g/mol. The fourth-order valence-electron chi connectivity index (χ4n) is 1.72. The van der Waals surface area contributed by atoms with Crippen molar-refractivity contribution in [3.8, 4) is 0 Å². The van der Waals surface area contributed by atoms with Gasteiger partial charge in [-0.2, -0.15) is 0 Å². The van der Waals surface area contributed by atoms with E-state index in [2.05, 4.69) is 21.8 Å². The minimum Gasteiger partial charge on any atom is -0.373 e. The van der Waals surface area contributed by atoms with Crippen LogP contribution in [-0.4, -0.2) is 41.8 Å². The van der Waals surface area contributed by atoms with Crippen LogP contribution in [0.1, 0.15) is 6.92 Å². The summed E-state index contributed by atoms with van der Waals surface area (Å²) in [6.45, 7) is 4.14. The van der Waals surface area contributed by atoms with Gasteiger partial charge in [0.05, 0.1) is 24.9 Å². The van der Waals surface area contributed by atoms with Crippen LogP contribution >= 0.6 is 0 Å². The van der Waals surface area contributed by atoms with Crippen LogP contribution in [0.15, 0.2) is 18.6 Å². The first-order valence-corrected chi connectivity index (χ1v) is 5.15. The standard InChI is InChI=1S/C10H16N4O/c1-8-7-15-9(4-11)6-14(8)10-5-12-2-3-13-10/h2-3,5,8-9H,4,6-7,11H2,1H3. The number of morpholine rings is 1. The summed E-state index contributed by atoms with van der Waals surface area (Å²) in [4.78, 5) is 10.5. The van der Waals surface area contributed by atoms with Gasteiger partial charge in [-0.05, 0) is 6.92 Å². The van der Waals surface area contributed by atoms with Crippen LogP contribution < -0.4 is 10.6 Å². The maximum absolute atomic E-state index is 5.60. The molecule has 0 aromatic carbocycles. The van der Waals surface area contributed by atoms with Crippen LogP contribution in [0.4, 0.5) is 5.82 Å². The number of ether oxygens (including phenoxy) is 1. The highest BCUT2D eigenvalue weighted by Gasteiger charge is 2.26. The Balaban J connectivity index is 2.13. The van der Waals surface area contributed by atoms with Gasteiger partial charge in [0.1, 0.15) is 5.82 Å². The molecule has 0 aliphatic carbocycles. The molecular weight excluding hydrogens is 192 g/mol. The van der Waals surface area contributed by atoms with E-state index in [4.69, 9.17) is 10.5 Å². The van der Waals surface area contributed by atoms with Crippen molar-refractivity contribution < 1.29 is 4.74 Å². The summed E-state index contributed by atoms with van der Waals surface area (Å²) >= 11 is 0. The van der Waals surface area contributed by atoms with E-state index in [1.807, 2.05) is 0 Å². The first-order valence-electron chi connectivity index (χ1n) is 5.15. The molecule has 1 aliphatic rings. The van der Waals surface area contributed by atoms with Crippen molar-refractivity contribution in [1.29, 1.82) is 0 Å². The molecule has 2 unspecified atom stereocenters. The molecule has 5 heteroatoms. The maximum atomic E-state index is 5.60. The number of nitrogens with zero attached hydrogens (tertiary/aromatic N) is 3. The van der Waals surface area contributed by atoms with Gasteiger partial charge in [-0.3, -0.25) is 4.98 Å². The van der Waals surface area contributed by atoms with Crippen molar-refractivity contribution in [2.45, 2.75) is 19.1 Å². The predicted molar refractivity (Wildman–Crippen MR) is 57.6 cm³/mol. The predicted octanol–water partition coefficient (Wildman–Crippen LogP) is 0.0290. The summed E-state index contributed by atoms with van der Waals surface area (Å²) in [5.74, 6) is 0.895. The van der Waals surface area contributed by atoms with Crippen molar-refractivity contribution in [2.24, 2.45) is 5.73 Å². The van der Waals surface area contributed by atoms with E-state index in [-0.39, 0.29) is 6.10 Å². The number of nitrogens with two attached hydrogens (primary N) is 1. The molecule has 1 fully saturated rings. The number of aromatic nitrogens is 2. The first-order chi connectivity index (χ1) is 7.31. The lowest BCUT2D eigenvalue weighted by atomic mass is 10.2. The lowest BCUT2D eigenvalue weighted by Crippen LogP contribution is -2.51. The Labute approximate surface area is 89.3 Å². The van der Waals surface area contributed by atoms with Gasteiger partial charge >= 0.3 is 0 Å². The molecular formula is C10H16N4O. The topological polar surface area (TPSA) is 64.3 Å². The van der Waals surface area contributed by atoms with Gasteiger partial charge in [0.25, 0.3) is 0 Å². The summed E-state index contributed by atoms with van der Waals surface area (Å²) in [5.41, 5.74) is 5.60. The van der Waals surface area contributed by atoms with Crippen molar-refractivity contribution >= 4 is 5.82 Å². The van der Waals surface area contributed by atoms with Crippen LogP contribution in [0.25, 0.3) is 0 Å². The number of rotatable bonds is 2. The number of anilines is 1. The minimum atomic E-state index is 0.100. The molecule has 1 saturated heterocycles. The highest BCUT2D eigenvalue weighted by atomic mass is 16.5. The molecule has 0 saturated carbocycles. The molecule has 15 heavy (non-hydrogen) atoms. The molecule has 2 rings (SSSR count). The van der Waals surface area contributed by atoms with E-state index in [9.17, 15) is 0 Å². The van der Waals surface area contributed by atoms with E-state index in [1.165, 1.54) is 0 Å². The Morgan fingerprint density at radius 1 is 1.60 bits per heavy atom. The van der Waals surface area contributed by atoms with Crippen molar-refractivity contribution in [2.75, 3.05) is 24.6 Å². The van der Waals surface area contributed by atoms with Gasteiger partial charge in [-0.15, -0.1) is 0 Å². The molecule has 1 aromatic heterocycles. The maximum Gasteiger partial charge on any atom is 0.147 e. The Bertz CT molecular complexity index is 306. The zero-order valence-electron chi connectivity index (χ0n) is 8.84. The molecule has 0 amide bonds. The molecule has 1 aromatic rings. The summed E-state index contributed by atoms with van der Waals surface area (Å²) in [7, 11) is 0. The highest BCUT2D eigenvalue weighted by molar-refractivity contribution is 5.37. The van der Waals surface area contributed by atoms with Crippen LogP contribution in [0.3, 0.4) is 0 Å². The molecule has 2 heterocycles. The fraction of sp³-hybridized carbons (Fsp3) is 0.600. The van der Waals surface area contributed by atoms with Gasteiger partial charge < -0.3 is 15.4 Å². The summed E-state index contributed by atoms with van der Waals surface area (Å²) in [6, 6.07) is 0.324. The average molecular weight is 208 g/mol. The molecule has 1 aliphatic heterocycles. The molecule has 82 valence electrons. The molecule has 0 radical (unpaired) electrons. The van der Waals surface area contributed by atoms with Gasteiger partial charge in [0, 0.05) is 25.5 Å². The van der Waals surface area contributed by atoms with E-state index in [0.29, 0.717) is 19.2 Å². The second-order valence-corrected chi connectivity index (χ2v) is 3.76. The van der Waals surface area contributed by atoms with Crippen LogP contribution in [-0.2, 0) is 4.74 Å². The molecule has 2 atom stereocenters. The Morgan fingerprint density at radius 2 is 2.47 bits per heavy atom. The zero-order chi connectivity index (χ0) is 10.7. The lowest BCUT2D eigenvalue weighted by molar-refractivity contribution is 0.0280. The third kappa shape index (κ3) is 2.24. The van der Waals surface area contributed by atoms with Crippen molar-refractivity contribution in [3.05, 3.63) is 18.6 Å². The SMILES string of the molecule is CC1COC(CN)CN1c1cnccn1. The van der Waals surface area contributed by atoms with Crippen molar-refractivity contribution in [1.82, 2.24) is 9.97 Å². The second-order valence-electron chi connectivity index (χ2n) is 3.76. The van der Waals surface area contributed by atoms with E-state index < -0.39 is 0 Å². The van der Waals surface area contributed by atoms with Gasteiger partial charge in [0.15, 0.2) is 0 Å². The van der Waals surface area contributed by atoms with Gasteiger partial charge in [-0.25, -0.2) is 4.98 Å². The molecule has 0 spiro atoms. The molecule has 2 N–H and O–H groups in total. The third-order valence-electron chi connectivity index (χ3n) is 2.61. The fourth-order valence-corrected chi connectivity index (χ4v) is 1.72. The van der Waals surface area contributed by atoms with E-state index in [0.717, 1.165) is 12.4 Å². The first kappa shape index (κ1) is 10.3. The molecule has 5 nitrogen and oxygen atoms in total. The second kappa shape index (κ2) is 4.55. The molecule has 0 bridgehead atoms. The highest BCUT2D eigenvalue weighted by Crippen LogP contribution is 2.17. The summed E-state index contributed by atoms with van der Waals surface area (Å²) in [5, 5.41) is 0. The van der Waals surface area contributed by atoms with Crippen LogP contribution in [0, 0.1) is 0 Å². The van der Waals surface area contributed by atoms with Gasteiger partial charge in [-0.1, -0.05) is 0 Å². The summed E-state index contributed by atoms with van der Waals surface area (Å²) in [6.07, 6.45) is 5.25. The van der Waals surface area contributed by atoms with Crippen LogP contribution in [0.5, 0.6) is 0 Å². The Kier molecular flexibility index (Phi) is 3.13. The van der Waals surface area contributed by atoms with E-state index in [1.54, 1.807) is 18.6 Å². The van der Waals surface area contributed by atoms with Gasteiger partial charge in [0.2, 0.25) is 0 Å². The third-order valence-corrected chi connectivity index (χ3v) is 2.61. The van der Waals surface area contributed by atoms with Crippen molar-refractivity contribution in [3.63, 3.8) is 0 Å².